The first-order chi connectivity index (χ1) is 18.4. The van der Waals surface area contributed by atoms with E-state index in [4.69, 9.17) is 15.0 Å². The van der Waals surface area contributed by atoms with Crippen LogP contribution in [0, 0.1) is 5.92 Å². The number of carbonyl (C=O) groups is 1. The number of rotatable bonds is 7. The van der Waals surface area contributed by atoms with Crippen molar-refractivity contribution >= 4 is 39.3 Å². The van der Waals surface area contributed by atoms with Crippen LogP contribution in [0.1, 0.15) is 45.3 Å². The van der Waals surface area contributed by atoms with Crippen LogP contribution >= 0.6 is 0 Å². The highest BCUT2D eigenvalue weighted by Gasteiger charge is 2.30. The number of anilines is 2. The molecule has 0 unspecified atom stereocenters. The fourth-order valence-corrected chi connectivity index (χ4v) is 5.30. The van der Waals surface area contributed by atoms with Gasteiger partial charge in [0.05, 0.1) is 17.6 Å². The van der Waals surface area contributed by atoms with Crippen LogP contribution in [0.25, 0.3) is 21.7 Å². The fourth-order valence-electron chi connectivity index (χ4n) is 5.30. The molecular weight excluding hydrogens is 478 g/mol. The first kappa shape index (κ1) is 24.5. The van der Waals surface area contributed by atoms with E-state index in [1.54, 1.807) is 6.92 Å². The maximum Gasteiger partial charge on any atom is 0.228 e. The summed E-state index contributed by atoms with van der Waals surface area (Å²) in [6.45, 7) is 9.80. The number of hydrogen-bond donors (Lipinski definition) is 1. The van der Waals surface area contributed by atoms with Crippen LogP contribution in [-0.2, 0) is 11.3 Å². The van der Waals surface area contributed by atoms with Crippen molar-refractivity contribution in [3.63, 3.8) is 0 Å². The van der Waals surface area contributed by atoms with Crippen molar-refractivity contribution in [1.29, 1.82) is 0 Å². The zero-order chi connectivity index (χ0) is 26.4. The number of hydrogen-bond acceptors (Lipinski definition) is 7. The number of aromatic nitrogens is 4. The van der Waals surface area contributed by atoms with Gasteiger partial charge in [-0.1, -0.05) is 24.3 Å². The molecule has 3 aromatic heterocycles. The molecule has 2 aliphatic rings. The predicted molar refractivity (Wildman–Crippen MR) is 150 cm³/mol. The third-order valence-electron chi connectivity index (χ3n) is 7.72. The highest BCUT2D eigenvalue weighted by atomic mass is 16.3. The second kappa shape index (κ2) is 9.78. The van der Waals surface area contributed by atoms with Crippen LogP contribution in [0.3, 0.4) is 0 Å². The summed E-state index contributed by atoms with van der Waals surface area (Å²) in [4.78, 5) is 32.9. The molecule has 0 bridgehead atoms. The number of amides is 1. The Morgan fingerprint density at radius 2 is 1.84 bits per heavy atom. The van der Waals surface area contributed by atoms with Gasteiger partial charge in [0, 0.05) is 63.5 Å². The van der Waals surface area contributed by atoms with Gasteiger partial charge in [-0.15, -0.1) is 0 Å². The topological polar surface area (TPSA) is 90.6 Å². The maximum atomic E-state index is 11.9. The van der Waals surface area contributed by atoms with Crippen LogP contribution in [-0.4, -0.2) is 68.2 Å². The fraction of sp³-hybridized carbons (Fsp3) is 0.448. The van der Waals surface area contributed by atoms with Crippen molar-refractivity contribution < 1.29 is 9.90 Å². The molecule has 198 valence electrons. The molecule has 9 nitrogen and oxygen atoms in total. The Labute approximate surface area is 222 Å². The summed E-state index contributed by atoms with van der Waals surface area (Å²) in [7, 11) is 0. The summed E-state index contributed by atoms with van der Waals surface area (Å²) in [6, 6.07) is 10.5. The van der Waals surface area contributed by atoms with E-state index in [1.807, 2.05) is 27.9 Å². The van der Waals surface area contributed by atoms with E-state index in [2.05, 4.69) is 47.9 Å². The van der Waals surface area contributed by atoms with Crippen molar-refractivity contribution in [2.24, 2.45) is 5.92 Å². The molecule has 9 heteroatoms. The molecule has 0 radical (unpaired) electrons. The lowest BCUT2D eigenvalue weighted by molar-refractivity contribution is -0.129. The van der Waals surface area contributed by atoms with Crippen LogP contribution in [0.5, 0.6) is 5.88 Å². The Balaban J connectivity index is 1.42. The average molecular weight is 514 g/mol. The number of carbonyl (C=O) groups excluding carboxylic acids is 1. The lowest BCUT2D eigenvalue weighted by atomic mass is 10.1. The van der Waals surface area contributed by atoms with Gasteiger partial charge in [-0.25, -0.2) is 4.98 Å². The van der Waals surface area contributed by atoms with E-state index in [-0.39, 0.29) is 17.8 Å². The van der Waals surface area contributed by atoms with E-state index in [9.17, 15) is 9.90 Å². The first-order valence-electron chi connectivity index (χ1n) is 13.6. The number of fused-ring (bicyclic) bond motifs is 2. The molecule has 1 saturated heterocycles. The second-order valence-electron chi connectivity index (χ2n) is 10.9. The zero-order valence-electron chi connectivity index (χ0n) is 22.3. The molecule has 0 atom stereocenters. The van der Waals surface area contributed by atoms with Crippen LogP contribution in [0.4, 0.5) is 11.8 Å². The van der Waals surface area contributed by atoms with E-state index in [0.717, 1.165) is 28.8 Å². The van der Waals surface area contributed by atoms with Gasteiger partial charge >= 0.3 is 0 Å². The standard InChI is InChI=1S/C29H35N7O2/c1-19(2)36-18-25-26(28(36)38)31-29(34-12-10-33(11-13-34)20(3)37)32-27(25)35(16-21-8-9-21)17-24-14-22-6-4-5-7-23(22)15-30-24/h4-7,14-15,18-19,21,38H,8-13,16-17H2,1-3H3. The lowest BCUT2D eigenvalue weighted by Gasteiger charge is -2.34. The summed E-state index contributed by atoms with van der Waals surface area (Å²) in [5.74, 6) is 2.31. The maximum absolute atomic E-state index is 11.9. The smallest absolute Gasteiger partial charge is 0.228 e. The molecule has 0 spiro atoms. The predicted octanol–water partition coefficient (Wildman–Crippen LogP) is 4.35. The number of nitrogens with zero attached hydrogens (tertiary/aromatic N) is 7. The van der Waals surface area contributed by atoms with Crippen molar-refractivity contribution in [1.82, 2.24) is 24.4 Å². The SMILES string of the molecule is CC(=O)N1CCN(c2nc(N(Cc3cc4ccccc4cn3)CC3CC3)c3cn(C(C)C)c(O)c3n2)CC1. The van der Waals surface area contributed by atoms with E-state index in [0.29, 0.717) is 50.1 Å². The Morgan fingerprint density at radius 1 is 1.11 bits per heavy atom. The molecule has 38 heavy (non-hydrogen) atoms. The highest BCUT2D eigenvalue weighted by molar-refractivity contribution is 5.94. The molecule has 1 aromatic carbocycles. The Bertz CT molecular complexity index is 1490. The quantitative estimate of drug-likeness (QED) is 0.393. The van der Waals surface area contributed by atoms with Gasteiger partial charge in [-0.3, -0.25) is 9.78 Å². The van der Waals surface area contributed by atoms with Crippen LogP contribution in [0.2, 0.25) is 0 Å². The van der Waals surface area contributed by atoms with Crippen molar-refractivity contribution in [2.75, 3.05) is 42.5 Å². The number of pyridine rings is 1. The van der Waals surface area contributed by atoms with Crippen molar-refractivity contribution in [2.45, 2.75) is 46.2 Å². The lowest BCUT2D eigenvalue weighted by Crippen LogP contribution is -2.48. The third kappa shape index (κ3) is 4.73. The summed E-state index contributed by atoms with van der Waals surface area (Å²) < 4.78 is 1.86. The van der Waals surface area contributed by atoms with E-state index >= 15 is 0 Å². The number of aromatic hydroxyl groups is 1. The van der Waals surface area contributed by atoms with Gasteiger partial charge in [0.15, 0.2) is 0 Å². The summed E-state index contributed by atoms with van der Waals surface area (Å²) in [5, 5.41) is 14.3. The Kier molecular flexibility index (Phi) is 6.29. The van der Waals surface area contributed by atoms with E-state index in [1.165, 1.54) is 18.2 Å². The normalized spacial score (nSPS) is 16.1. The highest BCUT2D eigenvalue weighted by Crippen LogP contribution is 2.38. The first-order valence-corrected chi connectivity index (χ1v) is 13.6. The second-order valence-corrected chi connectivity index (χ2v) is 10.9. The number of piperazine rings is 1. The molecule has 4 heterocycles. The largest absolute Gasteiger partial charge is 0.493 e. The minimum Gasteiger partial charge on any atom is -0.493 e. The molecule has 1 amide bonds. The van der Waals surface area contributed by atoms with Crippen molar-refractivity contribution in [3.8, 4) is 5.88 Å². The molecule has 4 aromatic rings. The van der Waals surface area contributed by atoms with Gasteiger partial charge in [0.2, 0.25) is 17.7 Å². The minimum absolute atomic E-state index is 0.0821. The zero-order valence-corrected chi connectivity index (χ0v) is 22.3. The molecule has 1 N–H and O–H groups in total. The van der Waals surface area contributed by atoms with E-state index < -0.39 is 0 Å². The monoisotopic (exact) mass is 513 g/mol. The summed E-state index contributed by atoms with van der Waals surface area (Å²) >= 11 is 0. The minimum atomic E-state index is 0.0821. The Morgan fingerprint density at radius 3 is 2.53 bits per heavy atom. The Hall–Kier alpha value is -3.88. The van der Waals surface area contributed by atoms with Gasteiger partial charge in [-0.05, 0) is 44.1 Å². The molecule has 1 aliphatic heterocycles. The molecule has 6 rings (SSSR count). The van der Waals surface area contributed by atoms with Gasteiger partial charge in [0.25, 0.3) is 0 Å². The molecule has 1 aliphatic carbocycles. The average Bonchev–Trinajstić information content (AvgIpc) is 3.68. The van der Waals surface area contributed by atoms with Gasteiger partial charge in [0.1, 0.15) is 11.3 Å². The summed E-state index contributed by atoms with van der Waals surface area (Å²) in [5.41, 5.74) is 1.56. The molecule has 1 saturated carbocycles. The van der Waals surface area contributed by atoms with Crippen LogP contribution < -0.4 is 9.80 Å². The summed E-state index contributed by atoms with van der Waals surface area (Å²) in [6.07, 6.45) is 6.36. The molecule has 2 fully saturated rings. The van der Waals surface area contributed by atoms with Gasteiger partial charge in [-0.2, -0.15) is 4.98 Å². The van der Waals surface area contributed by atoms with Crippen LogP contribution in [0.15, 0.2) is 42.7 Å². The molecular formula is C29H35N7O2. The number of benzene rings is 1. The van der Waals surface area contributed by atoms with Crippen molar-refractivity contribution in [3.05, 3.63) is 48.4 Å². The van der Waals surface area contributed by atoms with Gasteiger partial charge < -0.3 is 24.4 Å². The third-order valence-corrected chi connectivity index (χ3v) is 7.72.